The second-order valence-corrected chi connectivity index (χ2v) is 4.84. The van der Waals surface area contributed by atoms with Gasteiger partial charge in [-0.15, -0.1) is 0 Å². The normalized spacial score (nSPS) is 24.0. The Bertz CT molecular complexity index is 393. The molecule has 1 fully saturated rings. The van der Waals surface area contributed by atoms with Gasteiger partial charge in [0.05, 0.1) is 5.60 Å². The van der Waals surface area contributed by atoms with Crippen molar-refractivity contribution in [1.29, 1.82) is 0 Å². The second kappa shape index (κ2) is 5.07. The predicted molar refractivity (Wildman–Crippen MR) is 68.7 cm³/mol. The molecule has 92 valence electrons. The van der Waals surface area contributed by atoms with Crippen molar-refractivity contribution in [2.75, 3.05) is 25.1 Å². The van der Waals surface area contributed by atoms with Crippen molar-refractivity contribution >= 4 is 23.6 Å². The summed E-state index contributed by atoms with van der Waals surface area (Å²) in [5.41, 5.74) is 0.806. The van der Waals surface area contributed by atoms with E-state index >= 15 is 0 Å². The van der Waals surface area contributed by atoms with E-state index in [1.54, 1.807) is 7.11 Å². The zero-order valence-electron chi connectivity index (χ0n) is 9.86. The predicted octanol–water partition coefficient (Wildman–Crippen LogP) is 2.52. The summed E-state index contributed by atoms with van der Waals surface area (Å²) >= 11 is 5.86. The van der Waals surface area contributed by atoms with Crippen molar-refractivity contribution in [3.8, 4) is 0 Å². The van der Waals surface area contributed by atoms with Crippen LogP contribution in [0.5, 0.6) is 0 Å². The maximum Gasteiger partial charge on any atom is 0.122 e. The minimum Gasteiger partial charge on any atom is -0.376 e. The van der Waals surface area contributed by atoms with Gasteiger partial charge in [-0.05, 0) is 30.7 Å². The zero-order valence-corrected chi connectivity index (χ0v) is 10.6. The lowest BCUT2D eigenvalue weighted by Gasteiger charge is -2.26. The van der Waals surface area contributed by atoms with Crippen LogP contribution in [0.3, 0.4) is 0 Å². The van der Waals surface area contributed by atoms with Gasteiger partial charge in [0.1, 0.15) is 6.29 Å². The number of ether oxygens (including phenoxy) is 1. The number of anilines is 1. The van der Waals surface area contributed by atoms with Gasteiger partial charge in [-0.3, -0.25) is 0 Å². The van der Waals surface area contributed by atoms with Crippen LogP contribution in [0.25, 0.3) is 0 Å². The fourth-order valence-electron chi connectivity index (χ4n) is 2.29. The first-order valence-corrected chi connectivity index (χ1v) is 6.06. The first-order chi connectivity index (χ1) is 8.19. The highest BCUT2D eigenvalue weighted by molar-refractivity contribution is 6.30. The monoisotopic (exact) mass is 253 g/mol. The largest absolute Gasteiger partial charge is 0.376 e. The molecule has 0 bridgehead atoms. The first kappa shape index (κ1) is 12.4. The van der Waals surface area contributed by atoms with Crippen LogP contribution < -0.4 is 4.90 Å². The van der Waals surface area contributed by atoms with Gasteiger partial charge in [0.25, 0.3) is 0 Å². The summed E-state index contributed by atoms with van der Waals surface area (Å²) in [6.07, 6.45) is 2.27. The summed E-state index contributed by atoms with van der Waals surface area (Å²) in [5.74, 6) is 0. The van der Waals surface area contributed by atoms with Gasteiger partial charge in [-0.25, -0.2) is 0 Å². The highest BCUT2D eigenvalue weighted by Gasteiger charge is 2.37. The Morgan fingerprint density at radius 3 is 2.76 bits per heavy atom. The number of methoxy groups -OCH3 is 1. The lowest BCUT2D eigenvalue weighted by molar-refractivity contribution is -0.113. The third-order valence-corrected chi connectivity index (χ3v) is 3.65. The van der Waals surface area contributed by atoms with Gasteiger partial charge in [-0.2, -0.15) is 0 Å². The summed E-state index contributed by atoms with van der Waals surface area (Å²) in [6, 6.07) is 7.75. The van der Waals surface area contributed by atoms with Crippen LogP contribution in [0, 0.1) is 0 Å². The number of halogens is 1. The van der Waals surface area contributed by atoms with Crippen molar-refractivity contribution in [2.45, 2.75) is 18.4 Å². The van der Waals surface area contributed by atoms with Gasteiger partial charge in [0.2, 0.25) is 0 Å². The van der Waals surface area contributed by atoms with Crippen molar-refractivity contribution in [3.63, 3.8) is 0 Å². The molecule has 0 radical (unpaired) electrons. The second-order valence-electron chi connectivity index (χ2n) is 4.41. The molecule has 0 aromatic heterocycles. The van der Waals surface area contributed by atoms with E-state index in [2.05, 4.69) is 4.90 Å². The smallest absolute Gasteiger partial charge is 0.122 e. The molecule has 4 heteroatoms. The third kappa shape index (κ3) is 2.61. The van der Waals surface area contributed by atoms with Gasteiger partial charge in [0, 0.05) is 37.3 Å². The molecule has 1 atom stereocenters. The van der Waals surface area contributed by atoms with E-state index in [4.69, 9.17) is 16.3 Å². The van der Waals surface area contributed by atoms with Crippen LogP contribution in [-0.2, 0) is 9.53 Å². The number of aldehydes is 1. The van der Waals surface area contributed by atoms with Gasteiger partial charge >= 0.3 is 0 Å². The van der Waals surface area contributed by atoms with Gasteiger partial charge in [-0.1, -0.05) is 11.6 Å². The highest BCUT2D eigenvalue weighted by Crippen LogP contribution is 2.31. The minimum absolute atomic E-state index is 0.318. The number of carbonyl (C=O) groups excluding carboxylic acids is 1. The van der Waals surface area contributed by atoms with Crippen molar-refractivity contribution in [1.82, 2.24) is 0 Å². The molecule has 1 aliphatic rings. The Hall–Kier alpha value is -1.06. The molecule has 17 heavy (non-hydrogen) atoms. The van der Waals surface area contributed by atoms with Crippen LogP contribution in [0.1, 0.15) is 12.8 Å². The average molecular weight is 254 g/mol. The third-order valence-electron chi connectivity index (χ3n) is 3.40. The molecular weight excluding hydrogens is 238 g/mol. The molecule has 0 N–H and O–H groups in total. The van der Waals surface area contributed by atoms with E-state index in [0.29, 0.717) is 6.42 Å². The molecule has 1 unspecified atom stereocenters. The van der Waals surface area contributed by atoms with E-state index in [9.17, 15) is 4.79 Å². The fraction of sp³-hybridized carbons (Fsp3) is 0.462. The number of hydrogen-bond donors (Lipinski definition) is 0. The maximum atomic E-state index is 10.7. The molecule has 1 saturated heterocycles. The number of rotatable bonds is 4. The fourth-order valence-corrected chi connectivity index (χ4v) is 2.41. The SMILES string of the molecule is COC1(CC=O)CCN(c2ccc(Cl)cc2)C1. The Morgan fingerprint density at radius 2 is 2.18 bits per heavy atom. The number of nitrogens with zero attached hydrogens (tertiary/aromatic N) is 1. The lowest BCUT2D eigenvalue weighted by Crippen LogP contribution is -2.35. The van der Waals surface area contributed by atoms with E-state index in [1.807, 2.05) is 24.3 Å². The molecular formula is C13H16ClNO2. The van der Waals surface area contributed by atoms with Crippen molar-refractivity contribution in [2.24, 2.45) is 0 Å². The topological polar surface area (TPSA) is 29.5 Å². The summed E-state index contributed by atoms with van der Waals surface area (Å²) < 4.78 is 5.52. The van der Waals surface area contributed by atoms with Crippen LogP contribution >= 0.6 is 11.6 Å². The molecule has 3 nitrogen and oxygen atoms in total. The molecule has 2 rings (SSSR count). The number of carbonyl (C=O) groups is 1. The van der Waals surface area contributed by atoms with E-state index in [0.717, 1.165) is 36.5 Å². The van der Waals surface area contributed by atoms with Crippen LogP contribution in [0.15, 0.2) is 24.3 Å². The minimum atomic E-state index is -0.318. The Morgan fingerprint density at radius 1 is 1.47 bits per heavy atom. The molecule has 0 saturated carbocycles. The molecule has 0 aliphatic carbocycles. The molecule has 1 aliphatic heterocycles. The first-order valence-electron chi connectivity index (χ1n) is 5.68. The molecule has 0 amide bonds. The number of benzene rings is 1. The maximum absolute atomic E-state index is 10.7. The van der Waals surface area contributed by atoms with Gasteiger partial charge in [0.15, 0.2) is 0 Å². The average Bonchev–Trinajstić information content (AvgIpc) is 2.76. The lowest BCUT2D eigenvalue weighted by atomic mass is 10.00. The quantitative estimate of drug-likeness (QED) is 0.773. The summed E-state index contributed by atoms with van der Waals surface area (Å²) in [7, 11) is 1.68. The Kier molecular flexibility index (Phi) is 3.69. The van der Waals surface area contributed by atoms with Crippen LogP contribution in [-0.4, -0.2) is 32.1 Å². The van der Waals surface area contributed by atoms with E-state index in [-0.39, 0.29) is 5.60 Å². The van der Waals surface area contributed by atoms with Crippen LogP contribution in [0.2, 0.25) is 5.02 Å². The Labute approximate surface area is 106 Å². The standard InChI is InChI=1S/C13H16ClNO2/c1-17-13(7-9-16)6-8-15(10-13)12-4-2-11(14)3-5-12/h2-5,9H,6-8,10H2,1H3. The zero-order chi connectivity index (χ0) is 12.3. The Balaban J connectivity index is 2.11. The summed E-state index contributed by atoms with van der Waals surface area (Å²) in [4.78, 5) is 12.9. The van der Waals surface area contributed by atoms with Gasteiger partial charge < -0.3 is 14.4 Å². The van der Waals surface area contributed by atoms with E-state index in [1.165, 1.54) is 0 Å². The molecule has 1 aromatic rings. The van der Waals surface area contributed by atoms with Crippen molar-refractivity contribution < 1.29 is 9.53 Å². The molecule has 1 aromatic carbocycles. The van der Waals surface area contributed by atoms with Crippen LogP contribution in [0.4, 0.5) is 5.69 Å². The molecule has 0 spiro atoms. The molecule has 1 heterocycles. The van der Waals surface area contributed by atoms with E-state index < -0.39 is 0 Å². The number of hydrogen-bond acceptors (Lipinski definition) is 3. The van der Waals surface area contributed by atoms with Crippen molar-refractivity contribution in [3.05, 3.63) is 29.3 Å². The summed E-state index contributed by atoms with van der Waals surface area (Å²) in [6.45, 7) is 1.66. The summed E-state index contributed by atoms with van der Waals surface area (Å²) in [5, 5.41) is 0.735. The highest BCUT2D eigenvalue weighted by atomic mass is 35.5.